The summed E-state index contributed by atoms with van der Waals surface area (Å²) in [6, 6.07) is 14.5. The van der Waals surface area contributed by atoms with Crippen LogP contribution in [0.3, 0.4) is 0 Å². The van der Waals surface area contributed by atoms with Crippen LogP contribution in [0.5, 0.6) is 0 Å². The van der Waals surface area contributed by atoms with Crippen LogP contribution in [0.4, 0.5) is 11.4 Å². The third kappa shape index (κ3) is 3.92. The number of hydrogen-bond donors (Lipinski definition) is 2. The Bertz CT molecular complexity index is 601. The van der Waals surface area contributed by atoms with Gasteiger partial charge in [0.2, 0.25) is 5.91 Å². The van der Waals surface area contributed by atoms with E-state index in [2.05, 4.69) is 5.32 Å². The molecule has 5 heteroatoms. The standard InChI is InChI=1S/C15H15ClN2OS/c1-10(20-14-5-3-2-4-13(14)16)15(19)18-12-8-6-11(17)7-9-12/h2-10H,17H2,1H3,(H,18,19). The average molecular weight is 307 g/mol. The van der Waals surface area contributed by atoms with Gasteiger partial charge in [-0.25, -0.2) is 0 Å². The van der Waals surface area contributed by atoms with Gasteiger partial charge in [-0.2, -0.15) is 0 Å². The maximum atomic E-state index is 12.1. The molecule has 1 unspecified atom stereocenters. The molecule has 0 spiro atoms. The smallest absolute Gasteiger partial charge is 0.237 e. The molecule has 0 saturated heterocycles. The summed E-state index contributed by atoms with van der Waals surface area (Å²) in [7, 11) is 0. The van der Waals surface area contributed by atoms with E-state index in [4.69, 9.17) is 17.3 Å². The molecule has 0 saturated carbocycles. The van der Waals surface area contributed by atoms with Gasteiger partial charge < -0.3 is 11.1 Å². The third-order valence-electron chi connectivity index (χ3n) is 2.69. The summed E-state index contributed by atoms with van der Waals surface area (Å²) in [5.41, 5.74) is 7.00. The third-order valence-corrected chi connectivity index (χ3v) is 4.31. The summed E-state index contributed by atoms with van der Waals surface area (Å²) in [4.78, 5) is 13.0. The van der Waals surface area contributed by atoms with Crippen molar-refractivity contribution in [3.05, 3.63) is 53.6 Å². The van der Waals surface area contributed by atoms with E-state index in [0.717, 1.165) is 10.6 Å². The fourth-order valence-electron chi connectivity index (χ4n) is 1.59. The lowest BCUT2D eigenvalue weighted by Gasteiger charge is -2.13. The Balaban J connectivity index is 1.99. The predicted octanol–water partition coefficient (Wildman–Crippen LogP) is 4.04. The quantitative estimate of drug-likeness (QED) is 0.662. The van der Waals surface area contributed by atoms with Gasteiger partial charge in [0.05, 0.1) is 10.3 Å². The van der Waals surface area contributed by atoms with Gasteiger partial charge in [-0.15, -0.1) is 11.8 Å². The van der Waals surface area contributed by atoms with Gasteiger partial charge >= 0.3 is 0 Å². The van der Waals surface area contributed by atoms with Gasteiger partial charge in [-0.05, 0) is 43.3 Å². The summed E-state index contributed by atoms with van der Waals surface area (Å²) in [6.45, 7) is 1.85. The summed E-state index contributed by atoms with van der Waals surface area (Å²) in [6.07, 6.45) is 0. The highest BCUT2D eigenvalue weighted by atomic mass is 35.5. The highest BCUT2D eigenvalue weighted by Gasteiger charge is 2.15. The van der Waals surface area contributed by atoms with Crippen LogP contribution in [0.2, 0.25) is 5.02 Å². The highest BCUT2D eigenvalue weighted by molar-refractivity contribution is 8.00. The maximum absolute atomic E-state index is 12.1. The Morgan fingerprint density at radius 3 is 2.50 bits per heavy atom. The van der Waals surface area contributed by atoms with Gasteiger partial charge in [-0.1, -0.05) is 23.7 Å². The second-order valence-electron chi connectivity index (χ2n) is 4.30. The summed E-state index contributed by atoms with van der Waals surface area (Å²) in [5, 5.41) is 3.26. The minimum Gasteiger partial charge on any atom is -0.399 e. The van der Waals surface area contributed by atoms with E-state index in [1.54, 1.807) is 24.3 Å². The number of hydrogen-bond acceptors (Lipinski definition) is 3. The zero-order valence-corrected chi connectivity index (χ0v) is 12.5. The number of rotatable bonds is 4. The molecule has 2 rings (SSSR count). The second kappa shape index (κ2) is 6.68. The normalized spacial score (nSPS) is 11.9. The number of nitrogen functional groups attached to an aromatic ring is 1. The highest BCUT2D eigenvalue weighted by Crippen LogP contribution is 2.30. The first-order valence-electron chi connectivity index (χ1n) is 6.14. The molecule has 0 bridgehead atoms. The number of nitrogens with two attached hydrogens (primary N) is 1. The topological polar surface area (TPSA) is 55.1 Å². The van der Waals surface area contributed by atoms with Crippen LogP contribution in [0.1, 0.15) is 6.92 Å². The lowest BCUT2D eigenvalue weighted by molar-refractivity contribution is -0.115. The van der Waals surface area contributed by atoms with Crippen LogP contribution >= 0.6 is 23.4 Å². The fourth-order valence-corrected chi connectivity index (χ4v) is 2.75. The van der Waals surface area contributed by atoms with Gasteiger partial charge in [0.25, 0.3) is 0 Å². The first-order chi connectivity index (χ1) is 9.56. The molecule has 2 aromatic rings. The number of halogens is 1. The van der Waals surface area contributed by atoms with E-state index in [0.29, 0.717) is 10.7 Å². The zero-order valence-electron chi connectivity index (χ0n) is 11.0. The van der Waals surface area contributed by atoms with Gasteiger partial charge in [0.15, 0.2) is 0 Å². The molecule has 0 aliphatic heterocycles. The van der Waals surface area contributed by atoms with Crippen LogP contribution in [0, 0.1) is 0 Å². The molecular weight excluding hydrogens is 292 g/mol. The van der Waals surface area contributed by atoms with Crippen LogP contribution in [-0.4, -0.2) is 11.2 Å². The molecule has 20 heavy (non-hydrogen) atoms. The minimum absolute atomic E-state index is 0.0697. The molecule has 3 nitrogen and oxygen atoms in total. The summed E-state index contributed by atoms with van der Waals surface area (Å²) in [5.74, 6) is -0.0697. The first-order valence-corrected chi connectivity index (χ1v) is 7.39. The summed E-state index contributed by atoms with van der Waals surface area (Å²) < 4.78 is 0. The number of carbonyl (C=O) groups excluding carboxylic acids is 1. The molecule has 1 amide bonds. The molecule has 0 aromatic heterocycles. The molecule has 0 heterocycles. The second-order valence-corrected chi connectivity index (χ2v) is 6.09. The molecule has 2 aromatic carbocycles. The minimum atomic E-state index is -0.243. The van der Waals surface area contributed by atoms with Crippen LogP contribution in [-0.2, 0) is 4.79 Å². The lowest BCUT2D eigenvalue weighted by atomic mass is 10.3. The van der Waals surface area contributed by atoms with E-state index < -0.39 is 0 Å². The lowest BCUT2D eigenvalue weighted by Crippen LogP contribution is -2.22. The van der Waals surface area contributed by atoms with Gasteiger partial charge in [0.1, 0.15) is 0 Å². The Morgan fingerprint density at radius 1 is 1.20 bits per heavy atom. The Morgan fingerprint density at radius 2 is 1.85 bits per heavy atom. The zero-order chi connectivity index (χ0) is 14.5. The molecule has 104 valence electrons. The monoisotopic (exact) mass is 306 g/mol. The predicted molar refractivity (Wildman–Crippen MR) is 86.3 cm³/mol. The number of amides is 1. The molecule has 3 N–H and O–H groups in total. The Hall–Kier alpha value is -1.65. The number of anilines is 2. The van der Waals surface area contributed by atoms with E-state index in [-0.39, 0.29) is 11.2 Å². The number of nitrogens with one attached hydrogen (secondary N) is 1. The van der Waals surface area contributed by atoms with Crippen molar-refractivity contribution in [2.75, 3.05) is 11.1 Å². The van der Waals surface area contributed by atoms with Gasteiger partial charge in [0, 0.05) is 16.3 Å². The van der Waals surface area contributed by atoms with Crippen LogP contribution in [0.25, 0.3) is 0 Å². The van der Waals surface area contributed by atoms with Gasteiger partial charge in [-0.3, -0.25) is 4.79 Å². The van der Waals surface area contributed by atoms with E-state index in [9.17, 15) is 4.79 Å². The molecule has 0 aliphatic carbocycles. The van der Waals surface area contributed by atoms with Crippen molar-refractivity contribution in [3.63, 3.8) is 0 Å². The van der Waals surface area contributed by atoms with Crippen LogP contribution in [0.15, 0.2) is 53.4 Å². The Kier molecular flexibility index (Phi) is 4.93. The summed E-state index contributed by atoms with van der Waals surface area (Å²) >= 11 is 7.52. The van der Waals surface area contributed by atoms with Crippen molar-refractivity contribution in [1.82, 2.24) is 0 Å². The Labute approximate surface area is 127 Å². The van der Waals surface area contributed by atoms with E-state index in [1.807, 2.05) is 31.2 Å². The molecule has 1 atom stereocenters. The molecular formula is C15H15ClN2OS. The molecule has 0 fully saturated rings. The van der Waals surface area contributed by atoms with Crippen molar-refractivity contribution < 1.29 is 4.79 Å². The number of benzene rings is 2. The van der Waals surface area contributed by atoms with E-state index in [1.165, 1.54) is 11.8 Å². The largest absolute Gasteiger partial charge is 0.399 e. The molecule has 0 radical (unpaired) electrons. The van der Waals surface area contributed by atoms with Crippen molar-refractivity contribution in [3.8, 4) is 0 Å². The molecule has 0 aliphatic rings. The van der Waals surface area contributed by atoms with E-state index >= 15 is 0 Å². The van der Waals surface area contributed by atoms with Crippen molar-refractivity contribution >= 4 is 40.6 Å². The van der Waals surface area contributed by atoms with Crippen molar-refractivity contribution in [1.29, 1.82) is 0 Å². The number of thioether (sulfide) groups is 1. The first kappa shape index (κ1) is 14.8. The maximum Gasteiger partial charge on any atom is 0.237 e. The number of carbonyl (C=O) groups is 1. The average Bonchev–Trinajstić information content (AvgIpc) is 2.44. The SMILES string of the molecule is CC(Sc1ccccc1Cl)C(=O)Nc1ccc(N)cc1. The van der Waals surface area contributed by atoms with Crippen molar-refractivity contribution in [2.45, 2.75) is 17.1 Å². The van der Waals surface area contributed by atoms with Crippen molar-refractivity contribution in [2.24, 2.45) is 0 Å². The fraction of sp³-hybridized carbons (Fsp3) is 0.133. The van der Waals surface area contributed by atoms with Crippen LogP contribution < -0.4 is 11.1 Å².